The Hall–Kier alpha value is -2.28. The van der Waals surface area contributed by atoms with Gasteiger partial charge in [-0.05, 0) is 23.8 Å². The summed E-state index contributed by atoms with van der Waals surface area (Å²) in [6.07, 6.45) is 3.90. The average molecular weight is 305 g/mol. The van der Waals surface area contributed by atoms with Crippen molar-refractivity contribution in [1.82, 2.24) is 4.57 Å². The summed E-state index contributed by atoms with van der Waals surface area (Å²) in [6, 6.07) is 9.15. The van der Waals surface area contributed by atoms with Gasteiger partial charge in [-0.15, -0.1) is 4.40 Å². The van der Waals surface area contributed by atoms with Crippen molar-refractivity contribution in [1.29, 1.82) is 0 Å². The quantitative estimate of drug-likeness (QED) is 0.917. The maximum atomic E-state index is 11.6. The number of aromatic nitrogens is 1. The van der Waals surface area contributed by atoms with E-state index in [1.807, 2.05) is 29.1 Å². The topological polar surface area (TPSA) is 86.7 Å². The van der Waals surface area contributed by atoms with Crippen molar-refractivity contribution in [3.8, 4) is 5.75 Å². The lowest BCUT2D eigenvalue weighted by atomic mass is 10.1. The summed E-state index contributed by atoms with van der Waals surface area (Å²) in [4.78, 5) is 0. The molecule has 1 aromatic heterocycles. The van der Waals surface area contributed by atoms with Gasteiger partial charge in [-0.3, -0.25) is 0 Å². The van der Waals surface area contributed by atoms with Gasteiger partial charge >= 0.3 is 0 Å². The Morgan fingerprint density at radius 3 is 2.76 bits per heavy atom. The fourth-order valence-electron chi connectivity index (χ4n) is 2.31. The highest BCUT2D eigenvalue weighted by molar-refractivity contribution is 7.89. The van der Waals surface area contributed by atoms with E-state index in [-0.39, 0.29) is 11.6 Å². The molecule has 1 aliphatic heterocycles. The second kappa shape index (κ2) is 5.25. The molecule has 0 saturated carbocycles. The third-order valence-corrected chi connectivity index (χ3v) is 4.37. The molecule has 110 valence electrons. The zero-order valence-corrected chi connectivity index (χ0v) is 12.1. The van der Waals surface area contributed by atoms with E-state index in [1.54, 1.807) is 18.2 Å². The molecule has 0 unspecified atom stereocenters. The number of sulfonamides is 1. The number of fused-ring (bicyclic) bond motifs is 1. The molecule has 0 bridgehead atoms. The van der Waals surface area contributed by atoms with Gasteiger partial charge in [0, 0.05) is 12.4 Å². The van der Waals surface area contributed by atoms with Crippen molar-refractivity contribution in [3.05, 3.63) is 53.9 Å². The van der Waals surface area contributed by atoms with Crippen molar-refractivity contribution in [2.45, 2.75) is 12.3 Å². The molecule has 21 heavy (non-hydrogen) atoms. The number of hydrogen-bond acceptors (Lipinski definition) is 4. The van der Waals surface area contributed by atoms with Crippen molar-refractivity contribution >= 4 is 15.9 Å². The molecular formula is C14H15N3O3S. The summed E-state index contributed by atoms with van der Waals surface area (Å²) in [6.45, 7) is 1.16. The van der Waals surface area contributed by atoms with Crippen molar-refractivity contribution in [3.63, 3.8) is 0 Å². The number of benzene rings is 1. The van der Waals surface area contributed by atoms with Crippen LogP contribution in [-0.2, 0) is 22.3 Å². The molecule has 0 amide bonds. The van der Waals surface area contributed by atoms with Crippen molar-refractivity contribution < 1.29 is 13.2 Å². The van der Waals surface area contributed by atoms with E-state index in [0.717, 1.165) is 0 Å². The van der Waals surface area contributed by atoms with Crippen LogP contribution in [0, 0.1) is 0 Å². The number of amidine groups is 1. The molecule has 0 aliphatic carbocycles. The van der Waals surface area contributed by atoms with Crippen LogP contribution < -0.4 is 10.5 Å². The Morgan fingerprint density at radius 1 is 1.24 bits per heavy atom. The van der Waals surface area contributed by atoms with E-state index in [0.29, 0.717) is 30.0 Å². The van der Waals surface area contributed by atoms with Crippen LogP contribution in [0.15, 0.2) is 47.1 Å². The monoisotopic (exact) mass is 305 g/mol. The molecule has 1 aromatic carbocycles. The Bertz CT molecular complexity index is 780. The van der Waals surface area contributed by atoms with Crippen LogP contribution in [0.4, 0.5) is 0 Å². The lowest BCUT2D eigenvalue weighted by Gasteiger charge is -2.18. The predicted molar refractivity (Wildman–Crippen MR) is 79.7 cm³/mol. The van der Waals surface area contributed by atoms with Gasteiger partial charge in [-0.2, -0.15) is 0 Å². The fraction of sp³-hybridized carbons (Fsp3) is 0.214. The van der Waals surface area contributed by atoms with Gasteiger partial charge in [0.1, 0.15) is 18.2 Å². The van der Waals surface area contributed by atoms with Gasteiger partial charge in [0.2, 0.25) is 0 Å². The predicted octanol–water partition coefficient (Wildman–Crippen LogP) is 1.12. The standard InChI is InChI=1S/C14H15N3O3S/c15-14-13-11(10-21(18,19)16-14)4-3-5-12(13)20-9-8-17-6-1-2-7-17/h1-7H,8-10H2,(H2,15,16). The molecule has 7 heteroatoms. The van der Waals surface area contributed by atoms with Crippen LogP contribution >= 0.6 is 0 Å². The molecule has 1 aliphatic rings. The highest BCUT2D eigenvalue weighted by Gasteiger charge is 2.24. The molecule has 0 fully saturated rings. The first kappa shape index (κ1) is 13.7. The largest absolute Gasteiger partial charge is 0.491 e. The Morgan fingerprint density at radius 2 is 2.00 bits per heavy atom. The smallest absolute Gasteiger partial charge is 0.259 e. The highest BCUT2D eigenvalue weighted by Crippen LogP contribution is 2.28. The zero-order chi connectivity index (χ0) is 14.9. The van der Waals surface area contributed by atoms with Gasteiger partial charge in [-0.1, -0.05) is 12.1 Å². The molecule has 2 aromatic rings. The number of nitrogens with zero attached hydrogens (tertiary/aromatic N) is 2. The maximum absolute atomic E-state index is 11.6. The highest BCUT2D eigenvalue weighted by atomic mass is 32.2. The molecule has 2 heterocycles. The third-order valence-electron chi connectivity index (χ3n) is 3.22. The van der Waals surface area contributed by atoms with Crippen molar-refractivity contribution in [2.24, 2.45) is 10.1 Å². The van der Waals surface area contributed by atoms with Crippen molar-refractivity contribution in [2.75, 3.05) is 6.61 Å². The minimum Gasteiger partial charge on any atom is -0.491 e. The van der Waals surface area contributed by atoms with E-state index >= 15 is 0 Å². The van der Waals surface area contributed by atoms with E-state index in [1.165, 1.54) is 0 Å². The molecule has 0 saturated heterocycles. The lowest BCUT2D eigenvalue weighted by Crippen LogP contribution is -2.25. The maximum Gasteiger partial charge on any atom is 0.259 e. The summed E-state index contributed by atoms with van der Waals surface area (Å²) in [5.41, 5.74) is 6.98. The van der Waals surface area contributed by atoms with Crippen LogP contribution in [-0.4, -0.2) is 25.4 Å². The summed E-state index contributed by atoms with van der Waals surface area (Å²) >= 11 is 0. The molecule has 3 rings (SSSR count). The summed E-state index contributed by atoms with van der Waals surface area (Å²) < 4.78 is 34.5. The van der Waals surface area contributed by atoms with Gasteiger partial charge in [0.15, 0.2) is 0 Å². The first-order valence-corrected chi connectivity index (χ1v) is 8.10. The van der Waals surface area contributed by atoms with Crippen LogP contribution in [0.5, 0.6) is 5.75 Å². The Balaban J connectivity index is 1.81. The second-order valence-corrected chi connectivity index (χ2v) is 6.40. The van der Waals surface area contributed by atoms with E-state index in [2.05, 4.69) is 4.40 Å². The van der Waals surface area contributed by atoms with Gasteiger partial charge < -0.3 is 15.0 Å². The van der Waals surface area contributed by atoms with Gasteiger partial charge in [-0.25, -0.2) is 8.42 Å². The fourth-order valence-corrected chi connectivity index (χ4v) is 3.40. The van der Waals surface area contributed by atoms with Crippen LogP contribution in [0.2, 0.25) is 0 Å². The number of ether oxygens (including phenoxy) is 1. The van der Waals surface area contributed by atoms with Crippen LogP contribution in [0.1, 0.15) is 11.1 Å². The molecule has 0 radical (unpaired) electrons. The summed E-state index contributed by atoms with van der Waals surface area (Å²) in [5.74, 6) is 0.418. The van der Waals surface area contributed by atoms with Gasteiger partial charge in [0.05, 0.1) is 17.9 Å². The summed E-state index contributed by atoms with van der Waals surface area (Å²) in [7, 11) is -3.51. The lowest BCUT2D eigenvalue weighted by molar-refractivity contribution is 0.298. The Labute approximate surface area is 122 Å². The van der Waals surface area contributed by atoms with Gasteiger partial charge in [0.25, 0.3) is 10.0 Å². The number of rotatable bonds is 4. The minimum atomic E-state index is -3.51. The Kier molecular flexibility index (Phi) is 3.42. The molecular weight excluding hydrogens is 290 g/mol. The van der Waals surface area contributed by atoms with Crippen LogP contribution in [0.3, 0.4) is 0 Å². The van der Waals surface area contributed by atoms with E-state index in [4.69, 9.17) is 10.5 Å². The second-order valence-electron chi connectivity index (χ2n) is 4.76. The molecule has 6 nitrogen and oxygen atoms in total. The summed E-state index contributed by atoms with van der Waals surface area (Å²) in [5, 5.41) is 0. The first-order valence-electron chi connectivity index (χ1n) is 6.49. The molecule has 2 N–H and O–H groups in total. The van der Waals surface area contributed by atoms with E-state index < -0.39 is 10.0 Å². The SMILES string of the molecule is NC1=NS(=O)(=O)Cc2cccc(OCCn3cccc3)c21. The third kappa shape index (κ3) is 2.92. The molecule has 0 atom stereocenters. The number of nitrogens with two attached hydrogens (primary N) is 1. The minimum absolute atomic E-state index is 0.00665. The average Bonchev–Trinajstić information content (AvgIpc) is 2.90. The number of hydrogen-bond donors (Lipinski definition) is 1. The van der Waals surface area contributed by atoms with E-state index in [9.17, 15) is 8.42 Å². The molecule has 0 spiro atoms. The van der Waals surface area contributed by atoms with Crippen LogP contribution in [0.25, 0.3) is 0 Å². The first-order chi connectivity index (χ1) is 10.1. The zero-order valence-electron chi connectivity index (χ0n) is 11.3. The normalized spacial score (nSPS) is 16.1.